The van der Waals surface area contributed by atoms with Crippen LogP contribution in [0.25, 0.3) is 0 Å². The Morgan fingerprint density at radius 1 is 1.32 bits per heavy atom. The van der Waals surface area contributed by atoms with Crippen molar-refractivity contribution >= 4 is 5.69 Å². The summed E-state index contributed by atoms with van der Waals surface area (Å²) in [5, 5.41) is 3.43. The van der Waals surface area contributed by atoms with Crippen molar-refractivity contribution in [1.29, 1.82) is 0 Å². The maximum atomic E-state index is 12.2. The number of halogens is 2. The summed E-state index contributed by atoms with van der Waals surface area (Å²) in [6.45, 7) is 3.98. The molecule has 0 saturated heterocycles. The summed E-state index contributed by atoms with van der Waals surface area (Å²) in [5.41, 5.74) is 1.18. The molecule has 1 fully saturated rings. The summed E-state index contributed by atoms with van der Waals surface area (Å²) in [6, 6.07) is 7.17. The second kappa shape index (κ2) is 5.35. The van der Waals surface area contributed by atoms with Crippen LogP contribution in [-0.4, -0.2) is 12.7 Å². The average Bonchev–Trinajstić information content (AvgIpc) is 2.51. The third kappa shape index (κ3) is 3.82. The van der Waals surface area contributed by atoms with Gasteiger partial charge in [0.25, 0.3) is 0 Å². The smallest absolute Gasteiger partial charge is 0.387 e. The monoisotopic (exact) mass is 269 g/mol. The van der Waals surface area contributed by atoms with E-state index in [4.69, 9.17) is 0 Å². The summed E-state index contributed by atoms with van der Waals surface area (Å²) < 4.78 is 28.8. The van der Waals surface area contributed by atoms with Crippen molar-refractivity contribution in [3.8, 4) is 5.75 Å². The van der Waals surface area contributed by atoms with Crippen LogP contribution in [0.1, 0.15) is 33.6 Å². The highest BCUT2D eigenvalue weighted by molar-refractivity contribution is 5.49. The highest BCUT2D eigenvalue weighted by Gasteiger charge is 2.36. The van der Waals surface area contributed by atoms with Gasteiger partial charge in [0.1, 0.15) is 5.75 Å². The minimum absolute atomic E-state index is 0.199. The molecule has 2 nitrogen and oxygen atoms in total. The number of rotatable bonds is 4. The second-order valence-corrected chi connectivity index (χ2v) is 6.21. The first-order valence-electron chi connectivity index (χ1n) is 6.67. The summed E-state index contributed by atoms with van der Waals surface area (Å²) in [7, 11) is 0. The molecule has 0 aliphatic heterocycles. The van der Waals surface area contributed by atoms with Gasteiger partial charge in [-0.15, -0.1) is 0 Å². The molecule has 0 aromatic heterocycles. The fourth-order valence-electron chi connectivity index (χ4n) is 3.06. The van der Waals surface area contributed by atoms with Crippen molar-refractivity contribution in [2.75, 3.05) is 5.32 Å². The minimum Gasteiger partial charge on any atom is -0.435 e. The molecule has 4 heteroatoms. The molecule has 1 aliphatic rings. The third-order valence-electron chi connectivity index (χ3n) is 3.75. The second-order valence-electron chi connectivity index (χ2n) is 6.21. The van der Waals surface area contributed by atoms with E-state index in [1.807, 2.05) is 6.07 Å². The summed E-state index contributed by atoms with van der Waals surface area (Å²) in [6.07, 6.45) is 2.27. The van der Waals surface area contributed by atoms with Crippen LogP contribution in [0, 0.1) is 11.3 Å². The molecule has 1 aromatic carbocycles. The van der Waals surface area contributed by atoms with Gasteiger partial charge in [-0.1, -0.05) is 26.8 Å². The zero-order chi connectivity index (χ0) is 14.0. The van der Waals surface area contributed by atoms with Crippen LogP contribution >= 0.6 is 0 Å². The fourth-order valence-corrected chi connectivity index (χ4v) is 3.06. The lowest BCUT2D eigenvalue weighted by Crippen LogP contribution is -2.22. The van der Waals surface area contributed by atoms with Gasteiger partial charge >= 0.3 is 6.61 Å². The van der Waals surface area contributed by atoms with Crippen molar-refractivity contribution in [2.24, 2.45) is 11.3 Å². The molecule has 2 unspecified atom stereocenters. The lowest BCUT2D eigenvalue weighted by Gasteiger charge is -2.20. The van der Waals surface area contributed by atoms with Gasteiger partial charge in [-0.2, -0.15) is 8.78 Å². The van der Waals surface area contributed by atoms with Crippen molar-refractivity contribution < 1.29 is 13.5 Å². The minimum atomic E-state index is -2.78. The van der Waals surface area contributed by atoms with Crippen molar-refractivity contribution in [3.05, 3.63) is 24.3 Å². The topological polar surface area (TPSA) is 21.3 Å². The molecule has 1 N–H and O–H groups in total. The number of alkyl halides is 2. The van der Waals surface area contributed by atoms with E-state index in [0.29, 0.717) is 17.4 Å². The largest absolute Gasteiger partial charge is 0.435 e. The standard InChI is InChI=1S/C15H21F2NO/c1-10-8-15(2,3)9-13(10)18-11-5-4-6-12(7-11)19-14(16)17/h4-7,10,13-14,18H,8-9H2,1-3H3. The molecule has 1 aliphatic carbocycles. The molecule has 1 aromatic rings. The molecule has 0 bridgehead atoms. The highest BCUT2D eigenvalue weighted by atomic mass is 19.3. The first kappa shape index (κ1) is 14.1. The van der Waals surface area contributed by atoms with E-state index in [9.17, 15) is 8.78 Å². The maximum Gasteiger partial charge on any atom is 0.387 e. The normalized spacial score (nSPS) is 25.6. The number of benzene rings is 1. The molecular weight excluding hydrogens is 248 g/mol. The number of anilines is 1. The lowest BCUT2D eigenvalue weighted by molar-refractivity contribution is -0.0498. The highest BCUT2D eigenvalue weighted by Crippen LogP contribution is 2.42. The molecule has 2 rings (SSSR count). The van der Waals surface area contributed by atoms with Gasteiger partial charge in [-0.3, -0.25) is 0 Å². The zero-order valence-corrected chi connectivity index (χ0v) is 11.6. The SMILES string of the molecule is CC1CC(C)(C)CC1Nc1cccc(OC(F)F)c1. The van der Waals surface area contributed by atoms with Gasteiger partial charge in [-0.05, 0) is 36.3 Å². The number of hydrogen-bond acceptors (Lipinski definition) is 2. The Bertz CT molecular complexity index is 434. The molecular formula is C15H21F2NO. The molecule has 0 radical (unpaired) electrons. The van der Waals surface area contributed by atoms with E-state index in [1.54, 1.807) is 18.2 Å². The Hall–Kier alpha value is -1.32. The van der Waals surface area contributed by atoms with Crippen molar-refractivity contribution in [1.82, 2.24) is 0 Å². The predicted octanol–water partition coefficient (Wildman–Crippen LogP) is 4.52. The Labute approximate surface area is 113 Å². The van der Waals surface area contributed by atoms with Crippen LogP contribution < -0.4 is 10.1 Å². The van der Waals surface area contributed by atoms with E-state index in [1.165, 1.54) is 6.42 Å². The van der Waals surface area contributed by atoms with Gasteiger partial charge in [0, 0.05) is 17.8 Å². The Morgan fingerprint density at radius 3 is 2.63 bits per heavy atom. The Balaban J connectivity index is 2.03. The summed E-state index contributed by atoms with van der Waals surface area (Å²) in [5.74, 6) is 0.777. The molecule has 0 spiro atoms. The number of hydrogen-bond donors (Lipinski definition) is 1. The van der Waals surface area contributed by atoms with Crippen LogP contribution in [0.15, 0.2) is 24.3 Å². The van der Waals surface area contributed by atoms with Crippen LogP contribution in [0.4, 0.5) is 14.5 Å². The van der Waals surface area contributed by atoms with E-state index in [2.05, 4.69) is 30.8 Å². The van der Waals surface area contributed by atoms with Crippen LogP contribution in [0.5, 0.6) is 5.75 Å². The fraction of sp³-hybridized carbons (Fsp3) is 0.600. The molecule has 0 amide bonds. The number of ether oxygens (including phenoxy) is 1. The first-order valence-corrected chi connectivity index (χ1v) is 6.67. The Morgan fingerprint density at radius 2 is 2.05 bits per heavy atom. The summed E-state index contributed by atoms with van der Waals surface area (Å²) >= 11 is 0. The zero-order valence-electron chi connectivity index (χ0n) is 11.6. The van der Waals surface area contributed by atoms with Gasteiger partial charge in [0.15, 0.2) is 0 Å². The molecule has 2 atom stereocenters. The molecule has 106 valence electrons. The quantitative estimate of drug-likeness (QED) is 0.867. The Kier molecular flexibility index (Phi) is 3.97. The van der Waals surface area contributed by atoms with Crippen LogP contribution in [0.2, 0.25) is 0 Å². The molecule has 0 heterocycles. The summed E-state index contributed by atoms with van der Waals surface area (Å²) in [4.78, 5) is 0. The van der Waals surface area contributed by atoms with Gasteiger partial charge in [0.2, 0.25) is 0 Å². The van der Waals surface area contributed by atoms with E-state index in [0.717, 1.165) is 12.1 Å². The van der Waals surface area contributed by atoms with Crippen molar-refractivity contribution in [2.45, 2.75) is 46.3 Å². The first-order chi connectivity index (χ1) is 8.85. The van der Waals surface area contributed by atoms with E-state index in [-0.39, 0.29) is 5.75 Å². The van der Waals surface area contributed by atoms with Crippen LogP contribution in [-0.2, 0) is 0 Å². The molecule has 19 heavy (non-hydrogen) atoms. The lowest BCUT2D eigenvalue weighted by atomic mass is 9.91. The maximum absolute atomic E-state index is 12.2. The van der Waals surface area contributed by atoms with Gasteiger partial charge < -0.3 is 10.1 Å². The average molecular weight is 269 g/mol. The van der Waals surface area contributed by atoms with Crippen molar-refractivity contribution in [3.63, 3.8) is 0 Å². The van der Waals surface area contributed by atoms with E-state index < -0.39 is 6.61 Å². The predicted molar refractivity (Wildman–Crippen MR) is 72.7 cm³/mol. The number of nitrogens with one attached hydrogen (secondary N) is 1. The van der Waals surface area contributed by atoms with Crippen LogP contribution in [0.3, 0.4) is 0 Å². The molecule has 1 saturated carbocycles. The van der Waals surface area contributed by atoms with E-state index >= 15 is 0 Å². The van der Waals surface area contributed by atoms with Gasteiger partial charge in [0.05, 0.1) is 0 Å². The van der Waals surface area contributed by atoms with Gasteiger partial charge in [-0.25, -0.2) is 0 Å². The third-order valence-corrected chi connectivity index (χ3v) is 3.75.